The van der Waals surface area contributed by atoms with Crippen molar-refractivity contribution in [2.24, 2.45) is 0 Å². The molecule has 1 fully saturated rings. The Morgan fingerprint density at radius 1 is 0.943 bits per heavy atom. The largest absolute Gasteiger partial charge is 0.507 e. The first-order valence-corrected chi connectivity index (χ1v) is 13.2. The van der Waals surface area contributed by atoms with Crippen LogP contribution in [0.4, 0.5) is 4.39 Å². The molecule has 0 aromatic heterocycles. The Morgan fingerprint density at radius 2 is 1.51 bits per heavy atom. The minimum Gasteiger partial charge on any atom is -0.507 e. The van der Waals surface area contributed by atoms with Gasteiger partial charge in [-0.25, -0.2) is 4.39 Å². The summed E-state index contributed by atoms with van der Waals surface area (Å²) in [5.41, 5.74) is 1.08. The number of benzene rings is 2. The van der Waals surface area contributed by atoms with Crippen molar-refractivity contribution in [2.45, 2.75) is 52.0 Å². The number of rotatable bonds is 12. The van der Waals surface area contributed by atoms with Gasteiger partial charge in [0, 0.05) is 16.6 Å². The number of nitrogens with zero attached hydrogens (tertiary/aromatic N) is 2. The third-order valence-corrected chi connectivity index (χ3v) is 6.90. The van der Waals surface area contributed by atoms with Crippen LogP contribution in [0.1, 0.15) is 63.1 Å². The van der Waals surface area contributed by atoms with Crippen molar-refractivity contribution < 1.29 is 19.1 Å². The summed E-state index contributed by atoms with van der Waals surface area (Å²) in [6.45, 7) is 7.65. The fourth-order valence-corrected chi connectivity index (χ4v) is 4.69. The van der Waals surface area contributed by atoms with Crippen LogP contribution in [-0.4, -0.2) is 52.8 Å². The van der Waals surface area contributed by atoms with Crippen LogP contribution in [0.2, 0.25) is 0 Å². The van der Waals surface area contributed by atoms with Gasteiger partial charge in [-0.2, -0.15) is 0 Å². The summed E-state index contributed by atoms with van der Waals surface area (Å²) >= 11 is 3.43. The molecule has 5 nitrogen and oxygen atoms in total. The predicted molar refractivity (Wildman–Crippen MR) is 140 cm³/mol. The van der Waals surface area contributed by atoms with Gasteiger partial charge < -0.3 is 14.9 Å². The molecule has 0 radical (unpaired) electrons. The van der Waals surface area contributed by atoms with Gasteiger partial charge in [0.25, 0.3) is 11.7 Å². The highest BCUT2D eigenvalue weighted by Crippen LogP contribution is 2.39. The van der Waals surface area contributed by atoms with Gasteiger partial charge in [0.15, 0.2) is 0 Å². The van der Waals surface area contributed by atoms with E-state index in [0.717, 1.165) is 61.8 Å². The highest BCUT2D eigenvalue weighted by Gasteiger charge is 2.45. The van der Waals surface area contributed by atoms with Gasteiger partial charge in [0.2, 0.25) is 0 Å². The summed E-state index contributed by atoms with van der Waals surface area (Å²) in [5.74, 6) is -2.06. The van der Waals surface area contributed by atoms with E-state index in [1.54, 1.807) is 4.90 Å². The normalized spacial score (nSPS) is 17.5. The van der Waals surface area contributed by atoms with Crippen molar-refractivity contribution in [3.05, 3.63) is 75.5 Å². The smallest absolute Gasteiger partial charge is 0.295 e. The number of aliphatic hydroxyl groups is 1. The van der Waals surface area contributed by atoms with Gasteiger partial charge in [-0.3, -0.25) is 9.59 Å². The molecule has 2 aromatic carbocycles. The average Bonchev–Trinajstić information content (AvgIpc) is 3.10. The van der Waals surface area contributed by atoms with E-state index in [4.69, 9.17) is 0 Å². The molecule has 1 heterocycles. The minimum absolute atomic E-state index is 0.0396. The zero-order chi connectivity index (χ0) is 25.4. The van der Waals surface area contributed by atoms with Gasteiger partial charge in [-0.1, -0.05) is 54.8 Å². The van der Waals surface area contributed by atoms with Crippen LogP contribution in [0.25, 0.3) is 5.76 Å². The summed E-state index contributed by atoms with van der Waals surface area (Å²) < 4.78 is 14.3. The van der Waals surface area contributed by atoms with Crippen molar-refractivity contribution >= 4 is 33.4 Å². The molecule has 1 aliphatic rings. The lowest BCUT2D eigenvalue weighted by Crippen LogP contribution is -2.34. The molecule has 0 saturated carbocycles. The van der Waals surface area contributed by atoms with E-state index in [2.05, 4.69) is 34.7 Å². The number of carbonyl (C=O) groups is 2. The van der Waals surface area contributed by atoms with E-state index in [9.17, 15) is 19.1 Å². The maximum atomic E-state index is 13.4. The second-order valence-corrected chi connectivity index (χ2v) is 9.87. The predicted octanol–water partition coefficient (Wildman–Crippen LogP) is 6.30. The highest BCUT2D eigenvalue weighted by molar-refractivity contribution is 9.10. The van der Waals surface area contributed by atoms with E-state index in [-0.39, 0.29) is 11.3 Å². The van der Waals surface area contributed by atoms with E-state index in [1.807, 2.05) is 24.3 Å². The van der Waals surface area contributed by atoms with Crippen molar-refractivity contribution in [2.75, 3.05) is 26.2 Å². The summed E-state index contributed by atoms with van der Waals surface area (Å²) in [7, 11) is 0. The van der Waals surface area contributed by atoms with Crippen molar-refractivity contribution in [1.82, 2.24) is 9.80 Å². The molecular weight excluding hydrogens is 511 g/mol. The summed E-state index contributed by atoms with van der Waals surface area (Å²) in [6, 6.07) is 12.0. The van der Waals surface area contributed by atoms with Crippen molar-refractivity contribution in [3.63, 3.8) is 0 Å². The highest BCUT2D eigenvalue weighted by atomic mass is 79.9. The van der Waals surface area contributed by atoms with Crippen LogP contribution in [-0.2, 0) is 9.59 Å². The van der Waals surface area contributed by atoms with Gasteiger partial charge in [0.1, 0.15) is 11.6 Å². The van der Waals surface area contributed by atoms with Gasteiger partial charge in [0.05, 0.1) is 11.6 Å². The topological polar surface area (TPSA) is 60.9 Å². The first-order chi connectivity index (χ1) is 16.9. The lowest BCUT2D eigenvalue weighted by molar-refractivity contribution is -0.140. The van der Waals surface area contributed by atoms with Gasteiger partial charge in [-0.15, -0.1) is 0 Å². The molecule has 1 atom stereocenters. The molecule has 1 N–H and O–H groups in total. The number of halogens is 2. The van der Waals surface area contributed by atoms with Crippen molar-refractivity contribution in [3.8, 4) is 0 Å². The number of unbranched alkanes of at least 4 members (excludes halogenated alkanes) is 2. The van der Waals surface area contributed by atoms with Gasteiger partial charge in [-0.05, 0) is 80.9 Å². The Hall–Kier alpha value is -2.51. The second kappa shape index (κ2) is 13.0. The maximum absolute atomic E-state index is 13.4. The van der Waals surface area contributed by atoms with Crippen LogP contribution in [0.3, 0.4) is 0 Å². The standard InChI is InChI=1S/C28H34BrFN2O3/c1-3-5-16-31(17-6-4-2)18-7-19-32-25(20-8-12-22(29)13-9-20)24(27(34)28(32)35)26(33)21-10-14-23(30)15-11-21/h8-15,25,33H,3-7,16-19H2,1-2H3/t25-/m0/s1. The Labute approximate surface area is 215 Å². The Kier molecular flexibility index (Phi) is 10.0. The molecule has 0 aliphatic carbocycles. The Bertz CT molecular complexity index is 1030. The first kappa shape index (κ1) is 27.1. The second-order valence-electron chi connectivity index (χ2n) is 8.95. The number of hydrogen-bond donors (Lipinski definition) is 1. The molecule has 0 unspecified atom stereocenters. The molecule has 188 valence electrons. The van der Waals surface area contributed by atoms with Crippen LogP contribution in [0.15, 0.2) is 58.6 Å². The molecule has 1 saturated heterocycles. The third-order valence-electron chi connectivity index (χ3n) is 6.37. The van der Waals surface area contributed by atoms with Crippen molar-refractivity contribution in [1.29, 1.82) is 0 Å². The number of amides is 1. The number of aliphatic hydroxyl groups excluding tert-OH is 1. The summed E-state index contributed by atoms with van der Waals surface area (Å²) in [4.78, 5) is 30.2. The third kappa shape index (κ3) is 6.79. The minimum atomic E-state index is -0.714. The van der Waals surface area contributed by atoms with E-state index < -0.39 is 23.5 Å². The zero-order valence-electron chi connectivity index (χ0n) is 20.5. The average molecular weight is 545 g/mol. The van der Waals surface area contributed by atoms with E-state index >= 15 is 0 Å². The zero-order valence-corrected chi connectivity index (χ0v) is 22.1. The molecule has 1 amide bonds. The number of ketones is 1. The molecule has 0 bridgehead atoms. The SMILES string of the molecule is CCCCN(CCCC)CCCN1C(=O)C(=O)C(=C(O)c2ccc(F)cc2)[C@@H]1c1ccc(Br)cc1. The van der Waals surface area contributed by atoms with Crippen LogP contribution in [0, 0.1) is 5.82 Å². The Balaban J connectivity index is 1.90. The lowest BCUT2D eigenvalue weighted by atomic mass is 9.95. The van der Waals surface area contributed by atoms with Crippen LogP contribution < -0.4 is 0 Å². The summed E-state index contributed by atoms with van der Waals surface area (Å²) in [5, 5.41) is 11.1. The molecule has 2 aromatic rings. The molecule has 3 rings (SSSR count). The molecular formula is C28H34BrFN2O3. The van der Waals surface area contributed by atoms with Gasteiger partial charge >= 0.3 is 0 Å². The lowest BCUT2D eigenvalue weighted by Gasteiger charge is -2.27. The fourth-order valence-electron chi connectivity index (χ4n) is 4.43. The molecule has 35 heavy (non-hydrogen) atoms. The quantitative estimate of drug-likeness (QED) is 0.193. The fraction of sp³-hybridized carbons (Fsp3) is 0.429. The number of Topliss-reactive ketones (excluding diaryl/α,β-unsaturated/α-hetero) is 1. The molecule has 7 heteroatoms. The monoisotopic (exact) mass is 544 g/mol. The number of likely N-dealkylation sites (tertiary alicyclic amines) is 1. The molecule has 0 spiro atoms. The van der Waals surface area contributed by atoms with E-state index in [1.165, 1.54) is 24.3 Å². The number of carbonyl (C=O) groups excluding carboxylic acids is 2. The van der Waals surface area contributed by atoms with E-state index in [0.29, 0.717) is 12.1 Å². The first-order valence-electron chi connectivity index (χ1n) is 12.4. The van der Waals surface area contributed by atoms with Crippen LogP contribution in [0.5, 0.6) is 0 Å². The molecule has 1 aliphatic heterocycles. The summed E-state index contributed by atoms with van der Waals surface area (Å²) in [6.07, 6.45) is 5.24. The number of hydrogen-bond acceptors (Lipinski definition) is 4. The van der Waals surface area contributed by atoms with Crippen LogP contribution >= 0.6 is 15.9 Å². The Morgan fingerprint density at radius 3 is 2.09 bits per heavy atom. The maximum Gasteiger partial charge on any atom is 0.295 e.